The molecule has 8 nitrogen and oxygen atoms in total. The molecule has 2 aromatic heterocycles. The summed E-state index contributed by atoms with van der Waals surface area (Å²) >= 11 is 0. The molecule has 0 aliphatic carbocycles. The summed E-state index contributed by atoms with van der Waals surface area (Å²) in [4.78, 5) is 11.6. The molecule has 1 aromatic carbocycles. The van der Waals surface area contributed by atoms with Gasteiger partial charge in [-0.05, 0) is 69.0 Å². The highest BCUT2D eigenvalue weighted by atomic mass is 16.5. The van der Waals surface area contributed by atoms with Gasteiger partial charge in [-0.25, -0.2) is 14.6 Å². The van der Waals surface area contributed by atoms with Crippen LogP contribution in [0.1, 0.15) is 35.7 Å². The van der Waals surface area contributed by atoms with E-state index in [0.29, 0.717) is 5.92 Å². The van der Waals surface area contributed by atoms with E-state index in [4.69, 9.17) is 19.9 Å². The molecule has 2 saturated heterocycles. The summed E-state index contributed by atoms with van der Waals surface area (Å²) in [6.07, 6.45) is 4.32. The molecule has 0 unspecified atom stereocenters. The van der Waals surface area contributed by atoms with Gasteiger partial charge in [0.25, 0.3) is 0 Å². The quantitative estimate of drug-likeness (QED) is 0.667. The number of piperidine rings is 1. The average Bonchev–Trinajstić information content (AvgIpc) is 3.23. The number of hydrogen-bond acceptors (Lipinski definition) is 7. The zero-order valence-electron chi connectivity index (χ0n) is 18.6. The van der Waals surface area contributed by atoms with Gasteiger partial charge in [-0.3, -0.25) is 0 Å². The standard InChI is InChI=1S/C22H28N6O.CH4O/c1-15-11-18-14-24-28(20(18)12-19(15)17-3-5-23-6-4-17)22-13-21(25-16(2)26-22)27-7-9-29-10-8-27;1-2/h11-14,17,23H,3-10H2,1-2H3;2H,1H3. The van der Waals surface area contributed by atoms with Gasteiger partial charge in [0, 0.05) is 31.7 Å². The van der Waals surface area contributed by atoms with E-state index in [-0.39, 0.29) is 0 Å². The van der Waals surface area contributed by atoms with Crippen molar-refractivity contribution in [2.75, 3.05) is 51.4 Å². The number of aliphatic hydroxyl groups is 1. The zero-order valence-corrected chi connectivity index (χ0v) is 18.6. The topological polar surface area (TPSA) is 88.3 Å². The first kappa shape index (κ1) is 21.7. The lowest BCUT2D eigenvalue weighted by Crippen LogP contribution is -2.37. The molecule has 0 bridgehead atoms. The Balaban J connectivity index is 0.00000112. The van der Waals surface area contributed by atoms with Crippen LogP contribution in [-0.2, 0) is 4.74 Å². The van der Waals surface area contributed by atoms with E-state index in [0.717, 1.165) is 74.9 Å². The van der Waals surface area contributed by atoms with E-state index < -0.39 is 0 Å². The number of benzene rings is 1. The predicted octanol–water partition coefficient (Wildman–Crippen LogP) is 2.34. The molecule has 0 saturated carbocycles. The number of fused-ring (bicyclic) bond motifs is 1. The molecule has 3 aromatic rings. The maximum Gasteiger partial charge on any atom is 0.159 e. The largest absolute Gasteiger partial charge is 0.400 e. The van der Waals surface area contributed by atoms with Crippen molar-refractivity contribution in [1.29, 1.82) is 0 Å². The van der Waals surface area contributed by atoms with E-state index in [1.54, 1.807) is 0 Å². The highest BCUT2D eigenvalue weighted by Crippen LogP contribution is 2.32. The van der Waals surface area contributed by atoms with Gasteiger partial charge in [0.2, 0.25) is 0 Å². The monoisotopic (exact) mass is 424 g/mol. The summed E-state index contributed by atoms with van der Waals surface area (Å²) in [5, 5.41) is 16.3. The van der Waals surface area contributed by atoms with Crippen molar-refractivity contribution in [1.82, 2.24) is 25.1 Å². The second-order valence-corrected chi connectivity index (χ2v) is 8.08. The van der Waals surface area contributed by atoms with Crippen LogP contribution in [-0.4, -0.2) is 71.4 Å². The second-order valence-electron chi connectivity index (χ2n) is 8.08. The summed E-state index contributed by atoms with van der Waals surface area (Å²) in [6, 6.07) is 6.65. The van der Waals surface area contributed by atoms with Gasteiger partial charge in [-0.1, -0.05) is 0 Å². The molecule has 0 atom stereocenters. The van der Waals surface area contributed by atoms with E-state index >= 15 is 0 Å². The Labute approximate surface area is 183 Å². The Hall–Kier alpha value is -2.55. The van der Waals surface area contributed by atoms with Crippen molar-refractivity contribution in [3.05, 3.63) is 41.3 Å². The first-order valence-corrected chi connectivity index (χ1v) is 11.0. The Morgan fingerprint density at radius 2 is 1.71 bits per heavy atom. The van der Waals surface area contributed by atoms with Crippen LogP contribution in [0.15, 0.2) is 24.4 Å². The van der Waals surface area contributed by atoms with Gasteiger partial charge in [0.15, 0.2) is 5.82 Å². The van der Waals surface area contributed by atoms with Gasteiger partial charge in [-0.15, -0.1) is 0 Å². The fourth-order valence-corrected chi connectivity index (χ4v) is 4.56. The van der Waals surface area contributed by atoms with Gasteiger partial charge >= 0.3 is 0 Å². The lowest BCUT2D eigenvalue weighted by atomic mass is 9.87. The Kier molecular flexibility index (Phi) is 6.80. The Bertz CT molecular complexity index is 1020. The van der Waals surface area contributed by atoms with Gasteiger partial charge in [-0.2, -0.15) is 5.10 Å². The summed E-state index contributed by atoms with van der Waals surface area (Å²) in [5.74, 6) is 3.15. The smallest absolute Gasteiger partial charge is 0.159 e. The second kappa shape index (κ2) is 9.72. The number of rotatable bonds is 3. The molecule has 0 amide bonds. The van der Waals surface area contributed by atoms with Crippen molar-refractivity contribution in [2.24, 2.45) is 0 Å². The predicted molar refractivity (Wildman–Crippen MR) is 122 cm³/mol. The minimum atomic E-state index is 0.611. The molecule has 31 heavy (non-hydrogen) atoms. The Morgan fingerprint density at radius 1 is 1.00 bits per heavy atom. The maximum atomic E-state index is 7.00. The SMILES string of the molecule is CO.Cc1nc(N2CCOCC2)cc(-n2ncc3cc(C)c(C4CCNCC4)cc32)n1. The first-order chi connectivity index (χ1) is 15.2. The highest BCUT2D eigenvalue weighted by Gasteiger charge is 2.20. The number of nitrogens with one attached hydrogen (secondary N) is 1. The summed E-state index contributed by atoms with van der Waals surface area (Å²) < 4.78 is 7.46. The number of ether oxygens (including phenoxy) is 1. The molecular formula is C23H32N6O2. The third-order valence-electron chi connectivity index (χ3n) is 6.10. The van der Waals surface area contributed by atoms with Crippen LogP contribution in [0, 0.1) is 13.8 Å². The van der Waals surface area contributed by atoms with Gasteiger partial charge < -0.3 is 20.1 Å². The molecule has 0 spiro atoms. The van der Waals surface area contributed by atoms with Crippen molar-refractivity contribution in [3.8, 4) is 5.82 Å². The van der Waals surface area contributed by atoms with E-state index in [1.165, 1.54) is 24.0 Å². The van der Waals surface area contributed by atoms with E-state index in [9.17, 15) is 0 Å². The fourth-order valence-electron chi connectivity index (χ4n) is 4.56. The Morgan fingerprint density at radius 3 is 2.45 bits per heavy atom. The van der Waals surface area contributed by atoms with Crippen molar-refractivity contribution >= 4 is 16.7 Å². The molecule has 5 rings (SSSR count). The maximum absolute atomic E-state index is 7.00. The van der Waals surface area contributed by atoms with Gasteiger partial charge in [0.05, 0.1) is 24.9 Å². The number of anilines is 1. The van der Waals surface area contributed by atoms with Crippen LogP contribution in [0.25, 0.3) is 16.7 Å². The molecule has 166 valence electrons. The third-order valence-corrected chi connectivity index (χ3v) is 6.10. The summed E-state index contributed by atoms with van der Waals surface area (Å²) in [5.41, 5.74) is 3.92. The summed E-state index contributed by atoms with van der Waals surface area (Å²) in [7, 11) is 1.00. The minimum Gasteiger partial charge on any atom is -0.400 e. The first-order valence-electron chi connectivity index (χ1n) is 11.0. The highest BCUT2D eigenvalue weighted by molar-refractivity contribution is 5.82. The molecule has 2 N–H and O–H groups in total. The lowest BCUT2D eigenvalue weighted by Gasteiger charge is -2.28. The molecule has 2 aliphatic rings. The molecule has 2 aliphatic heterocycles. The molecule has 2 fully saturated rings. The van der Waals surface area contributed by atoms with Crippen LogP contribution in [0.2, 0.25) is 0 Å². The van der Waals surface area contributed by atoms with Crippen molar-refractivity contribution in [2.45, 2.75) is 32.6 Å². The normalized spacial score (nSPS) is 17.5. The van der Waals surface area contributed by atoms with Crippen molar-refractivity contribution < 1.29 is 9.84 Å². The molecule has 0 radical (unpaired) electrons. The van der Waals surface area contributed by atoms with Crippen LogP contribution in [0.5, 0.6) is 0 Å². The minimum absolute atomic E-state index is 0.611. The number of aliphatic hydroxyl groups excluding tert-OH is 1. The third kappa shape index (κ3) is 4.56. The number of aryl methyl sites for hydroxylation is 2. The van der Waals surface area contributed by atoms with Crippen LogP contribution in [0.3, 0.4) is 0 Å². The molecule has 8 heteroatoms. The number of hydrogen-bond donors (Lipinski definition) is 2. The molecular weight excluding hydrogens is 392 g/mol. The van der Waals surface area contributed by atoms with Crippen LogP contribution >= 0.6 is 0 Å². The van der Waals surface area contributed by atoms with Crippen LogP contribution < -0.4 is 10.2 Å². The zero-order chi connectivity index (χ0) is 21.8. The summed E-state index contributed by atoms with van der Waals surface area (Å²) in [6.45, 7) is 9.54. The van der Waals surface area contributed by atoms with Crippen LogP contribution in [0.4, 0.5) is 5.82 Å². The number of nitrogens with zero attached hydrogens (tertiary/aromatic N) is 5. The van der Waals surface area contributed by atoms with Gasteiger partial charge in [0.1, 0.15) is 11.6 Å². The number of morpholine rings is 1. The number of aromatic nitrogens is 4. The lowest BCUT2D eigenvalue weighted by molar-refractivity contribution is 0.122. The van der Waals surface area contributed by atoms with E-state index in [2.05, 4.69) is 40.3 Å². The molecule has 4 heterocycles. The van der Waals surface area contributed by atoms with E-state index in [1.807, 2.05) is 17.8 Å². The van der Waals surface area contributed by atoms with Crippen molar-refractivity contribution in [3.63, 3.8) is 0 Å². The average molecular weight is 425 g/mol. The fraction of sp³-hybridized carbons (Fsp3) is 0.522.